The van der Waals surface area contributed by atoms with Gasteiger partial charge in [0.05, 0.1) is 11.8 Å². The molecule has 4 heteroatoms. The van der Waals surface area contributed by atoms with Crippen LogP contribution in [0.1, 0.15) is 31.1 Å². The van der Waals surface area contributed by atoms with Crippen LogP contribution in [0.5, 0.6) is 11.5 Å². The highest BCUT2D eigenvalue weighted by Crippen LogP contribution is 2.21. The van der Waals surface area contributed by atoms with Crippen LogP contribution in [0.4, 0.5) is 0 Å². The molecule has 0 saturated heterocycles. The predicted octanol–water partition coefficient (Wildman–Crippen LogP) is 3.83. The number of pyridine rings is 1. The summed E-state index contributed by atoms with van der Waals surface area (Å²) in [5, 5.41) is 0. The highest BCUT2D eigenvalue weighted by molar-refractivity contribution is 5.89. The molecule has 0 bridgehead atoms. The van der Waals surface area contributed by atoms with Gasteiger partial charge >= 0.3 is 5.97 Å². The zero-order chi connectivity index (χ0) is 14.6. The van der Waals surface area contributed by atoms with E-state index in [1.54, 1.807) is 12.3 Å². The maximum absolute atomic E-state index is 11.9. The summed E-state index contributed by atoms with van der Waals surface area (Å²) in [5.41, 5.74) is -0.166. The van der Waals surface area contributed by atoms with Crippen molar-refractivity contribution in [3.8, 4) is 11.5 Å². The van der Waals surface area contributed by atoms with Crippen molar-refractivity contribution in [3.63, 3.8) is 0 Å². The van der Waals surface area contributed by atoms with Gasteiger partial charge in [0.25, 0.3) is 0 Å². The molecule has 4 nitrogen and oxygen atoms in total. The van der Waals surface area contributed by atoms with Crippen LogP contribution in [-0.2, 0) is 4.74 Å². The lowest BCUT2D eigenvalue weighted by Gasteiger charge is -2.19. The SMILES string of the molecule is CC(C)(C)OC(=O)c1cncc(Oc2ccccc2)c1. The first-order valence-corrected chi connectivity index (χ1v) is 6.35. The average molecular weight is 271 g/mol. The maximum atomic E-state index is 11.9. The van der Waals surface area contributed by atoms with Crippen LogP contribution in [0.3, 0.4) is 0 Å². The van der Waals surface area contributed by atoms with Gasteiger partial charge in [-0.25, -0.2) is 4.79 Å². The van der Waals surface area contributed by atoms with E-state index in [0.717, 1.165) is 0 Å². The molecule has 0 amide bonds. The summed E-state index contributed by atoms with van der Waals surface area (Å²) in [7, 11) is 0. The monoisotopic (exact) mass is 271 g/mol. The van der Waals surface area contributed by atoms with Crippen LogP contribution in [0, 0.1) is 0 Å². The van der Waals surface area contributed by atoms with Gasteiger partial charge in [-0.3, -0.25) is 4.98 Å². The number of hydrogen-bond donors (Lipinski definition) is 0. The summed E-state index contributed by atoms with van der Waals surface area (Å²) in [6, 6.07) is 10.9. The van der Waals surface area contributed by atoms with E-state index >= 15 is 0 Å². The highest BCUT2D eigenvalue weighted by Gasteiger charge is 2.18. The number of ether oxygens (including phenoxy) is 2. The fourth-order valence-electron chi connectivity index (χ4n) is 1.55. The van der Waals surface area contributed by atoms with Gasteiger partial charge in [-0.1, -0.05) is 18.2 Å². The molecular weight excluding hydrogens is 254 g/mol. The Bertz CT molecular complexity index is 588. The molecule has 20 heavy (non-hydrogen) atoms. The third-order valence-corrected chi connectivity index (χ3v) is 2.33. The largest absolute Gasteiger partial charge is 0.456 e. The van der Waals surface area contributed by atoms with E-state index in [1.165, 1.54) is 6.20 Å². The zero-order valence-electron chi connectivity index (χ0n) is 11.8. The van der Waals surface area contributed by atoms with Crippen molar-refractivity contribution in [2.75, 3.05) is 0 Å². The standard InChI is InChI=1S/C16H17NO3/c1-16(2,3)20-15(18)12-9-14(11-17-10-12)19-13-7-5-4-6-8-13/h4-11H,1-3H3. The summed E-state index contributed by atoms with van der Waals surface area (Å²) < 4.78 is 10.9. The predicted molar refractivity (Wildman–Crippen MR) is 75.9 cm³/mol. The van der Waals surface area contributed by atoms with Gasteiger partial charge in [-0.05, 0) is 39.0 Å². The number of aromatic nitrogens is 1. The van der Waals surface area contributed by atoms with E-state index in [0.29, 0.717) is 17.1 Å². The van der Waals surface area contributed by atoms with E-state index < -0.39 is 11.6 Å². The van der Waals surface area contributed by atoms with E-state index in [9.17, 15) is 4.79 Å². The van der Waals surface area contributed by atoms with Crippen LogP contribution in [0.15, 0.2) is 48.8 Å². The van der Waals surface area contributed by atoms with E-state index in [-0.39, 0.29) is 0 Å². The fraction of sp³-hybridized carbons (Fsp3) is 0.250. The molecule has 2 aromatic rings. The molecule has 0 spiro atoms. The number of carbonyl (C=O) groups is 1. The van der Waals surface area contributed by atoms with Crippen molar-refractivity contribution in [1.82, 2.24) is 4.98 Å². The smallest absolute Gasteiger partial charge is 0.340 e. The third kappa shape index (κ3) is 4.09. The second-order valence-corrected chi connectivity index (χ2v) is 5.33. The van der Waals surface area contributed by atoms with Crippen LogP contribution in [0.2, 0.25) is 0 Å². The third-order valence-electron chi connectivity index (χ3n) is 2.33. The Kier molecular flexibility index (Phi) is 4.03. The van der Waals surface area contributed by atoms with Crippen molar-refractivity contribution in [2.24, 2.45) is 0 Å². The molecule has 0 saturated carbocycles. The molecule has 0 fully saturated rings. The van der Waals surface area contributed by atoms with Crippen molar-refractivity contribution in [3.05, 3.63) is 54.4 Å². The van der Waals surface area contributed by atoms with Gasteiger partial charge in [0.1, 0.15) is 17.1 Å². The number of carbonyl (C=O) groups excluding carboxylic acids is 1. The molecule has 0 aliphatic carbocycles. The summed E-state index contributed by atoms with van der Waals surface area (Å²) in [4.78, 5) is 16.0. The fourth-order valence-corrected chi connectivity index (χ4v) is 1.55. The van der Waals surface area contributed by atoms with Crippen LogP contribution in [-0.4, -0.2) is 16.6 Å². The van der Waals surface area contributed by atoms with Crippen molar-refractivity contribution in [1.29, 1.82) is 0 Å². The summed E-state index contributed by atoms with van der Waals surface area (Å²) in [5.74, 6) is 0.777. The van der Waals surface area contributed by atoms with Gasteiger partial charge in [0, 0.05) is 6.20 Å². The second-order valence-electron chi connectivity index (χ2n) is 5.33. The highest BCUT2D eigenvalue weighted by atomic mass is 16.6. The number of esters is 1. The van der Waals surface area contributed by atoms with Crippen LogP contribution < -0.4 is 4.74 Å². The Morgan fingerprint density at radius 3 is 2.40 bits per heavy atom. The number of hydrogen-bond acceptors (Lipinski definition) is 4. The average Bonchev–Trinajstić information content (AvgIpc) is 2.38. The zero-order valence-corrected chi connectivity index (χ0v) is 11.8. The Balaban J connectivity index is 2.14. The number of rotatable bonds is 3. The van der Waals surface area contributed by atoms with Gasteiger partial charge < -0.3 is 9.47 Å². The van der Waals surface area contributed by atoms with E-state index in [2.05, 4.69) is 4.98 Å². The Hall–Kier alpha value is -2.36. The first kappa shape index (κ1) is 14.1. The Morgan fingerprint density at radius 1 is 1.05 bits per heavy atom. The van der Waals surface area contributed by atoms with E-state index in [1.807, 2.05) is 51.1 Å². The van der Waals surface area contributed by atoms with Gasteiger partial charge in [0.2, 0.25) is 0 Å². The topological polar surface area (TPSA) is 48.4 Å². The minimum atomic E-state index is -0.534. The molecule has 0 unspecified atom stereocenters. The first-order valence-electron chi connectivity index (χ1n) is 6.35. The number of para-hydroxylation sites is 1. The molecule has 0 aliphatic heterocycles. The molecule has 1 aromatic carbocycles. The van der Waals surface area contributed by atoms with Crippen molar-refractivity contribution in [2.45, 2.75) is 26.4 Å². The summed E-state index contributed by atoms with van der Waals surface area (Å²) in [6.07, 6.45) is 3.02. The van der Waals surface area contributed by atoms with Gasteiger partial charge in [-0.2, -0.15) is 0 Å². The van der Waals surface area contributed by atoms with E-state index in [4.69, 9.17) is 9.47 Å². The lowest BCUT2D eigenvalue weighted by molar-refractivity contribution is 0.00687. The Morgan fingerprint density at radius 2 is 1.75 bits per heavy atom. The lowest BCUT2D eigenvalue weighted by Crippen LogP contribution is -2.23. The number of benzene rings is 1. The minimum absolute atomic E-state index is 0.369. The summed E-state index contributed by atoms with van der Waals surface area (Å²) in [6.45, 7) is 5.47. The first-order chi connectivity index (χ1) is 9.44. The molecular formula is C16H17NO3. The summed E-state index contributed by atoms with van der Waals surface area (Å²) >= 11 is 0. The molecule has 1 heterocycles. The van der Waals surface area contributed by atoms with Crippen LogP contribution >= 0.6 is 0 Å². The van der Waals surface area contributed by atoms with Gasteiger partial charge in [-0.15, -0.1) is 0 Å². The molecule has 0 N–H and O–H groups in total. The van der Waals surface area contributed by atoms with Crippen molar-refractivity contribution < 1.29 is 14.3 Å². The molecule has 0 aliphatic rings. The quantitative estimate of drug-likeness (QED) is 0.796. The molecule has 0 atom stereocenters. The lowest BCUT2D eigenvalue weighted by atomic mass is 10.2. The molecule has 1 aromatic heterocycles. The second kappa shape index (κ2) is 5.74. The molecule has 0 radical (unpaired) electrons. The van der Waals surface area contributed by atoms with Crippen molar-refractivity contribution >= 4 is 5.97 Å². The minimum Gasteiger partial charge on any atom is -0.456 e. The normalized spacial score (nSPS) is 10.9. The van der Waals surface area contributed by atoms with Crippen LogP contribution in [0.25, 0.3) is 0 Å². The molecule has 2 rings (SSSR count). The molecule has 104 valence electrons. The number of nitrogens with zero attached hydrogens (tertiary/aromatic N) is 1. The van der Waals surface area contributed by atoms with Gasteiger partial charge in [0.15, 0.2) is 0 Å². The Labute approximate surface area is 118 Å². The maximum Gasteiger partial charge on any atom is 0.340 e.